The number of carbonyl (C=O) groups excluding carboxylic acids is 1. The van der Waals surface area contributed by atoms with E-state index < -0.39 is 6.04 Å². The summed E-state index contributed by atoms with van der Waals surface area (Å²) in [6.07, 6.45) is 0. The molecule has 0 bridgehead atoms. The molecule has 4 nitrogen and oxygen atoms in total. The van der Waals surface area contributed by atoms with E-state index in [1.807, 2.05) is 91.9 Å². The molecule has 0 aromatic heterocycles. The van der Waals surface area contributed by atoms with Crippen LogP contribution in [0.5, 0.6) is 0 Å². The first-order valence-corrected chi connectivity index (χ1v) is 9.55. The summed E-state index contributed by atoms with van der Waals surface area (Å²) in [5, 5.41) is 10.8. The molecule has 3 aromatic carbocycles. The van der Waals surface area contributed by atoms with E-state index in [4.69, 9.17) is 0 Å². The maximum absolute atomic E-state index is 13.6. The number of rotatable bonds is 4. The van der Waals surface area contributed by atoms with Gasteiger partial charge in [0.25, 0.3) is 6.02 Å². The summed E-state index contributed by atoms with van der Waals surface area (Å²) in [6.45, 7) is 3.77. The molecule has 1 aliphatic heterocycles. The van der Waals surface area contributed by atoms with E-state index in [0.717, 1.165) is 16.8 Å². The summed E-state index contributed by atoms with van der Waals surface area (Å²) in [5.41, 5.74) is 4.46. The summed E-state index contributed by atoms with van der Waals surface area (Å²) in [6, 6.07) is 26.2. The van der Waals surface area contributed by atoms with E-state index >= 15 is 0 Å². The summed E-state index contributed by atoms with van der Waals surface area (Å²) in [5.74, 6) is -0.0893. The van der Waals surface area contributed by atoms with Crippen molar-refractivity contribution in [3.05, 3.63) is 113 Å². The molecule has 1 unspecified atom stereocenters. The van der Waals surface area contributed by atoms with Crippen LogP contribution in [0.3, 0.4) is 0 Å². The molecule has 1 atom stereocenters. The second kappa shape index (κ2) is 7.76. The smallest absolute Gasteiger partial charge is 0.295 e. The number of amidine groups is 1. The zero-order valence-electron chi connectivity index (χ0n) is 16.4. The van der Waals surface area contributed by atoms with Crippen LogP contribution in [-0.4, -0.2) is 16.9 Å². The number of ketones is 1. The first-order valence-electron chi connectivity index (χ1n) is 9.55. The summed E-state index contributed by atoms with van der Waals surface area (Å²) in [4.78, 5) is 19.6. The van der Waals surface area contributed by atoms with Crippen molar-refractivity contribution in [1.82, 2.24) is 0 Å². The Balaban J connectivity index is 1.90. The van der Waals surface area contributed by atoms with Crippen molar-refractivity contribution >= 4 is 17.5 Å². The Morgan fingerprint density at radius 2 is 1.45 bits per heavy atom. The van der Waals surface area contributed by atoms with Gasteiger partial charge in [0.2, 0.25) is 0 Å². The lowest BCUT2D eigenvalue weighted by Gasteiger charge is -2.36. The highest BCUT2D eigenvalue weighted by molar-refractivity contribution is 6.12. The van der Waals surface area contributed by atoms with Crippen LogP contribution < -0.4 is 4.90 Å². The van der Waals surface area contributed by atoms with Gasteiger partial charge in [-0.3, -0.25) is 9.69 Å². The number of allylic oxidation sites excluding steroid dienone is 1. The third kappa shape index (κ3) is 3.57. The van der Waals surface area contributed by atoms with Gasteiger partial charge in [0.05, 0.1) is 11.7 Å². The average molecular weight is 382 g/mol. The number of aryl methyl sites for hydroxylation is 1. The van der Waals surface area contributed by atoms with Crippen LogP contribution in [0.1, 0.15) is 34.5 Å². The number of aliphatic hydroxyl groups excluding tert-OH is 1. The van der Waals surface area contributed by atoms with Gasteiger partial charge in [0.1, 0.15) is 0 Å². The lowest BCUT2D eigenvalue weighted by Crippen LogP contribution is -2.40. The van der Waals surface area contributed by atoms with Crippen molar-refractivity contribution < 1.29 is 9.90 Å². The minimum absolute atomic E-state index is 0.0893. The Morgan fingerprint density at radius 3 is 2.07 bits per heavy atom. The van der Waals surface area contributed by atoms with E-state index in [1.165, 1.54) is 0 Å². The number of benzene rings is 3. The van der Waals surface area contributed by atoms with E-state index in [2.05, 4.69) is 4.99 Å². The van der Waals surface area contributed by atoms with Gasteiger partial charge in [-0.05, 0) is 31.5 Å². The second-order valence-corrected chi connectivity index (χ2v) is 7.12. The number of aliphatic imine (C=N–C) groups is 1. The normalized spacial score (nSPS) is 16.6. The number of hydrogen-bond donors (Lipinski definition) is 1. The molecule has 0 saturated carbocycles. The Hall–Kier alpha value is -3.66. The lowest BCUT2D eigenvalue weighted by molar-refractivity contribution is 0.102. The highest BCUT2D eigenvalue weighted by atomic mass is 16.3. The fourth-order valence-electron chi connectivity index (χ4n) is 3.66. The Morgan fingerprint density at radius 1 is 0.862 bits per heavy atom. The highest BCUT2D eigenvalue weighted by Gasteiger charge is 2.37. The van der Waals surface area contributed by atoms with Crippen LogP contribution in [0, 0.1) is 6.92 Å². The zero-order chi connectivity index (χ0) is 20.4. The van der Waals surface area contributed by atoms with Gasteiger partial charge in [-0.2, -0.15) is 0 Å². The van der Waals surface area contributed by atoms with E-state index in [0.29, 0.717) is 16.8 Å². The van der Waals surface area contributed by atoms with Gasteiger partial charge in [-0.1, -0.05) is 78.4 Å². The Bertz CT molecular complexity index is 1080. The third-order valence-electron chi connectivity index (χ3n) is 5.11. The molecule has 29 heavy (non-hydrogen) atoms. The SMILES string of the molecule is CC1=C(C(=O)c2ccc(C)cc2)C(c2ccccc2)N(c2ccccc2)C(O)=N1. The summed E-state index contributed by atoms with van der Waals surface area (Å²) >= 11 is 0. The monoisotopic (exact) mass is 382 g/mol. The first kappa shape index (κ1) is 18.7. The zero-order valence-corrected chi connectivity index (χ0v) is 16.4. The highest BCUT2D eigenvalue weighted by Crippen LogP contribution is 2.39. The van der Waals surface area contributed by atoms with Gasteiger partial charge in [-0.15, -0.1) is 0 Å². The topological polar surface area (TPSA) is 52.9 Å². The maximum atomic E-state index is 13.6. The van der Waals surface area contributed by atoms with Crippen molar-refractivity contribution in [1.29, 1.82) is 0 Å². The van der Waals surface area contributed by atoms with Gasteiger partial charge >= 0.3 is 0 Å². The number of nitrogens with zero attached hydrogens (tertiary/aromatic N) is 2. The molecule has 0 fully saturated rings. The van der Waals surface area contributed by atoms with E-state index in [1.54, 1.807) is 11.8 Å². The summed E-state index contributed by atoms with van der Waals surface area (Å²) < 4.78 is 0. The molecule has 3 aromatic rings. The van der Waals surface area contributed by atoms with Crippen molar-refractivity contribution in [2.75, 3.05) is 4.90 Å². The minimum Gasteiger partial charge on any atom is -0.480 e. The predicted octanol–water partition coefficient (Wildman–Crippen LogP) is 5.63. The maximum Gasteiger partial charge on any atom is 0.295 e. The predicted molar refractivity (Wildman–Crippen MR) is 116 cm³/mol. The van der Waals surface area contributed by atoms with Crippen molar-refractivity contribution in [3.8, 4) is 0 Å². The number of hydrogen-bond acceptors (Lipinski definition) is 3. The number of aliphatic hydroxyl groups is 1. The molecule has 4 rings (SSSR count). The molecular formula is C25H22N2O2. The number of carbonyl (C=O) groups is 1. The van der Waals surface area contributed by atoms with E-state index in [-0.39, 0.29) is 11.8 Å². The van der Waals surface area contributed by atoms with Crippen LogP contribution in [0.25, 0.3) is 0 Å². The number of para-hydroxylation sites is 1. The molecule has 1 heterocycles. The third-order valence-corrected chi connectivity index (χ3v) is 5.11. The fraction of sp³-hybridized carbons (Fsp3) is 0.120. The van der Waals surface area contributed by atoms with Crippen LogP contribution >= 0.6 is 0 Å². The van der Waals surface area contributed by atoms with Crippen LogP contribution in [-0.2, 0) is 0 Å². The number of Topliss-reactive ketones (excluding diaryl/α,β-unsaturated/α-hetero) is 1. The minimum atomic E-state index is -0.482. The van der Waals surface area contributed by atoms with Crippen molar-refractivity contribution in [2.24, 2.45) is 4.99 Å². The molecule has 1 aliphatic rings. The first-order chi connectivity index (χ1) is 14.1. The molecule has 4 heteroatoms. The molecule has 0 saturated heterocycles. The van der Waals surface area contributed by atoms with E-state index in [9.17, 15) is 9.90 Å². The summed E-state index contributed by atoms with van der Waals surface area (Å²) in [7, 11) is 0. The average Bonchev–Trinajstić information content (AvgIpc) is 2.74. The molecule has 0 radical (unpaired) electrons. The van der Waals surface area contributed by atoms with Crippen LogP contribution in [0.2, 0.25) is 0 Å². The van der Waals surface area contributed by atoms with Crippen molar-refractivity contribution in [3.63, 3.8) is 0 Å². The Labute approximate surface area is 170 Å². The van der Waals surface area contributed by atoms with Gasteiger partial charge < -0.3 is 5.11 Å². The van der Waals surface area contributed by atoms with Crippen LogP contribution in [0.4, 0.5) is 5.69 Å². The largest absolute Gasteiger partial charge is 0.480 e. The molecule has 0 aliphatic carbocycles. The standard InChI is InChI=1S/C25H22N2O2/c1-17-13-15-20(16-14-17)24(28)22-18(2)26-25(29)27(21-11-7-4-8-12-21)23(22)19-9-5-3-6-10-19/h3-16,23H,1-2H3,(H,26,29). The lowest BCUT2D eigenvalue weighted by atomic mass is 9.88. The van der Waals surface area contributed by atoms with Gasteiger partial charge in [0, 0.05) is 16.8 Å². The molecule has 0 spiro atoms. The van der Waals surface area contributed by atoms with Gasteiger partial charge in [0.15, 0.2) is 5.78 Å². The number of anilines is 1. The van der Waals surface area contributed by atoms with Crippen LogP contribution in [0.15, 0.2) is 101 Å². The molecule has 1 N–H and O–H groups in total. The second-order valence-electron chi connectivity index (χ2n) is 7.12. The fourth-order valence-corrected chi connectivity index (χ4v) is 3.66. The molecular weight excluding hydrogens is 360 g/mol. The van der Waals surface area contributed by atoms with Gasteiger partial charge in [-0.25, -0.2) is 4.99 Å². The molecule has 0 amide bonds. The quantitative estimate of drug-likeness (QED) is 0.595. The molecule has 144 valence electrons. The Kier molecular flexibility index (Phi) is 5.00. The van der Waals surface area contributed by atoms with Crippen molar-refractivity contribution in [2.45, 2.75) is 19.9 Å².